The van der Waals surface area contributed by atoms with Crippen LogP contribution < -0.4 is 4.72 Å². The normalized spacial score (nSPS) is 13.3. The molecule has 1 aromatic heterocycles. The van der Waals surface area contributed by atoms with Crippen molar-refractivity contribution in [2.24, 2.45) is 5.92 Å². The topological polar surface area (TPSA) is 59.1 Å². The number of hydrogen-bond donors (Lipinski definition) is 1. The zero-order valence-corrected chi connectivity index (χ0v) is 14.0. The largest absolute Gasteiger partial charge is 0.264 e. The Morgan fingerprint density at radius 1 is 1.18 bits per heavy atom. The molecule has 1 heterocycles. The average molecular weight is 318 g/mol. The summed E-state index contributed by atoms with van der Waals surface area (Å²) < 4.78 is 27.7. The van der Waals surface area contributed by atoms with Crippen LogP contribution in [0.2, 0.25) is 0 Å². The van der Waals surface area contributed by atoms with Gasteiger partial charge in [0.2, 0.25) is 10.0 Å². The highest BCUT2D eigenvalue weighted by molar-refractivity contribution is 7.88. The maximum Gasteiger partial charge on any atom is 0.216 e. The van der Waals surface area contributed by atoms with E-state index >= 15 is 0 Å². The molecule has 1 aromatic carbocycles. The molecule has 0 saturated carbocycles. The Labute approximate surface area is 132 Å². The number of aryl methyl sites for hydroxylation is 1. The minimum Gasteiger partial charge on any atom is -0.264 e. The number of hydrogen-bond acceptors (Lipinski definition) is 3. The molecular weight excluding hydrogens is 296 g/mol. The number of pyridine rings is 1. The van der Waals surface area contributed by atoms with Gasteiger partial charge in [-0.05, 0) is 30.0 Å². The molecule has 0 aliphatic heterocycles. The van der Waals surface area contributed by atoms with Gasteiger partial charge < -0.3 is 0 Å². The third kappa shape index (κ3) is 4.64. The van der Waals surface area contributed by atoms with Crippen molar-refractivity contribution in [2.75, 3.05) is 0 Å². The molecule has 0 bridgehead atoms. The van der Waals surface area contributed by atoms with Gasteiger partial charge in [-0.3, -0.25) is 4.98 Å². The van der Waals surface area contributed by atoms with E-state index in [0.717, 1.165) is 16.7 Å². The first-order valence-corrected chi connectivity index (χ1v) is 8.98. The second-order valence-electron chi connectivity index (χ2n) is 5.87. The van der Waals surface area contributed by atoms with Crippen LogP contribution in [0.25, 0.3) is 0 Å². The summed E-state index contributed by atoms with van der Waals surface area (Å²) in [7, 11) is -3.42. The third-order valence-corrected chi connectivity index (χ3v) is 4.78. The van der Waals surface area contributed by atoms with E-state index in [9.17, 15) is 8.42 Å². The van der Waals surface area contributed by atoms with Crippen LogP contribution in [0.3, 0.4) is 0 Å². The van der Waals surface area contributed by atoms with E-state index in [1.54, 1.807) is 12.4 Å². The molecule has 22 heavy (non-hydrogen) atoms. The number of benzene rings is 1. The predicted molar refractivity (Wildman–Crippen MR) is 88.8 cm³/mol. The SMILES string of the molecule is Cc1cccc(CS(=O)(=O)N[C@H](c2cccnc2)C(C)C)c1. The Bertz CT molecular complexity index is 712. The maximum absolute atomic E-state index is 12.5. The summed E-state index contributed by atoms with van der Waals surface area (Å²) in [5.41, 5.74) is 2.73. The zero-order valence-electron chi connectivity index (χ0n) is 13.2. The molecule has 0 unspecified atom stereocenters. The van der Waals surface area contributed by atoms with Gasteiger partial charge in [-0.15, -0.1) is 0 Å². The van der Waals surface area contributed by atoms with E-state index in [-0.39, 0.29) is 17.7 Å². The van der Waals surface area contributed by atoms with Gasteiger partial charge in [-0.2, -0.15) is 0 Å². The van der Waals surface area contributed by atoms with E-state index in [4.69, 9.17) is 0 Å². The average Bonchev–Trinajstić information content (AvgIpc) is 2.45. The molecule has 118 valence electrons. The molecule has 1 N–H and O–H groups in total. The van der Waals surface area contributed by atoms with E-state index in [1.165, 1.54) is 0 Å². The molecule has 5 heteroatoms. The summed E-state index contributed by atoms with van der Waals surface area (Å²) in [6, 6.07) is 11.0. The van der Waals surface area contributed by atoms with E-state index < -0.39 is 10.0 Å². The van der Waals surface area contributed by atoms with Crippen LogP contribution in [0.1, 0.15) is 36.6 Å². The number of nitrogens with one attached hydrogen (secondary N) is 1. The summed E-state index contributed by atoms with van der Waals surface area (Å²) in [6.45, 7) is 5.94. The van der Waals surface area contributed by atoms with Crippen LogP contribution in [0, 0.1) is 12.8 Å². The van der Waals surface area contributed by atoms with Crippen LogP contribution in [0.5, 0.6) is 0 Å². The lowest BCUT2D eigenvalue weighted by Crippen LogP contribution is -2.32. The zero-order chi connectivity index (χ0) is 16.2. The predicted octanol–water partition coefficient (Wildman–Crippen LogP) is 3.21. The Morgan fingerprint density at radius 2 is 1.95 bits per heavy atom. The summed E-state index contributed by atoms with van der Waals surface area (Å²) >= 11 is 0. The molecule has 0 amide bonds. The molecule has 0 aliphatic rings. The molecule has 0 fully saturated rings. The molecule has 1 atom stereocenters. The molecule has 2 rings (SSSR count). The van der Waals surface area contributed by atoms with Crippen molar-refractivity contribution < 1.29 is 8.42 Å². The van der Waals surface area contributed by atoms with Gasteiger partial charge in [-0.25, -0.2) is 13.1 Å². The Morgan fingerprint density at radius 3 is 2.55 bits per heavy atom. The van der Waals surface area contributed by atoms with Crippen molar-refractivity contribution in [3.8, 4) is 0 Å². The molecule has 0 spiro atoms. The third-order valence-electron chi connectivity index (χ3n) is 3.46. The highest BCUT2D eigenvalue weighted by Gasteiger charge is 2.22. The van der Waals surface area contributed by atoms with Crippen LogP contribution >= 0.6 is 0 Å². The number of rotatable bonds is 6. The monoisotopic (exact) mass is 318 g/mol. The molecule has 0 saturated heterocycles. The summed E-state index contributed by atoms with van der Waals surface area (Å²) in [5, 5.41) is 0. The second-order valence-corrected chi connectivity index (χ2v) is 7.63. The van der Waals surface area contributed by atoms with Gasteiger partial charge in [0.25, 0.3) is 0 Å². The van der Waals surface area contributed by atoms with Gasteiger partial charge in [0, 0.05) is 12.4 Å². The number of sulfonamides is 1. The fraction of sp³-hybridized carbons (Fsp3) is 0.353. The second kappa shape index (κ2) is 7.03. The van der Waals surface area contributed by atoms with Crippen LogP contribution in [0.15, 0.2) is 48.8 Å². The molecular formula is C17H22N2O2S. The molecule has 2 aromatic rings. The highest BCUT2D eigenvalue weighted by Crippen LogP contribution is 2.22. The maximum atomic E-state index is 12.5. The standard InChI is InChI=1S/C17H22N2O2S/c1-13(2)17(16-8-5-9-18-11-16)19-22(20,21)12-15-7-4-6-14(3)10-15/h4-11,13,17,19H,12H2,1-3H3/t17-/m0/s1. The van der Waals surface area contributed by atoms with Crippen molar-refractivity contribution >= 4 is 10.0 Å². The Kier molecular flexibility index (Phi) is 5.32. The lowest BCUT2D eigenvalue weighted by Gasteiger charge is -2.22. The lowest BCUT2D eigenvalue weighted by molar-refractivity contribution is 0.462. The van der Waals surface area contributed by atoms with E-state index in [0.29, 0.717) is 0 Å². The van der Waals surface area contributed by atoms with E-state index in [1.807, 2.05) is 57.2 Å². The summed E-state index contributed by atoms with van der Waals surface area (Å²) in [6.07, 6.45) is 3.39. The van der Waals surface area contributed by atoms with E-state index in [2.05, 4.69) is 9.71 Å². The Balaban J connectivity index is 2.18. The van der Waals surface area contributed by atoms with Crippen LogP contribution in [0.4, 0.5) is 0 Å². The van der Waals surface area contributed by atoms with Gasteiger partial charge in [0.15, 0.2) is 0 Å². The van der Waals surface area contributed by atoms with Gasteiger partial charge >= 0.3 is 0 Å². The van der Waals surface area contributed by atoms with Crippen molar-refractivity contribution in [2.45, 2.75) is 32.6 Å². The highest BCUT2D eigenvalue weighted by atomic mass is 32.2. The van der Waals surface area contributed by atoms with Crippen molar-refractivity contribution in [1.82, 2.24) is 9.71 Å². The van der Waals surface area contributed by atoms with Crippen molar-refractivity contribution in [1.29, 1.82) is 0 Å². The summed E-state index contributed by atoms with van der Waals surface area (Å²) in [4.78, 5) is 4.08. The fourth-order valence-electron chi connectivity index (χ4n) is 2.41. The van der Waals surface area contributed by atoms with Crippen LogP contribution in [-0.2, 0) is 15.8 Å². The van der Waals surface area contributed by atoms with Gasteiger partial charge in [0.1, 0.15) is 0 Å². The van der Waals surface area contributed by atoms with Crippen LogP contribution in [-0.4, -0.2) is 13.4 Å². The Hall–Kier alpha value is -1.72. The first kappa shape index (κ1) is 16.6. The minimum atomic E-state index is -3.42. The molecule has 0 aliphatic carbocycles. The van der Waals surface area contributed by atoms with Gasteiger partial charge in [0.05, 0.1) is 11.8 Å². The number of aromatic nitrogens is 1. The number of nitrogens with zero attached hydrogens (tertiary/aromatic N) is 1. The first-order chi connectivity index (χ1) is 10.4. The fourth-order valence-corrected chi connectivity index (χ4v) is 3.90. The quantitative estimate of drug-likeness (QED) is 0.889. The molecule has 4 nitrogen and oxygen atoms in total. The smallest absolute Gasteiger partial charge is 0.216 e. The first-order valence-electron chi connectivity index (χ1n) is 7.33. The van der Waals surface area contributed by atoms with Gasteiger partial charge in [-0.1, -0.05) is 49.7 Å². The molecule has 0 radical (unpaired) electrons. The summed E-state index contributed by atoms with van der Waals surface area (Å²) in [5.74, 6) is 0.120. The van der Waals surface area contributed by atoms with Crippen molar-refractivity contribution in [3.05, 3.63) is 65.5 Å². The minimum absolute atomic E-state index is 0.0157. The van der Waals surface area contributed by atoms with Crippen molar-refractivity contribution in [3.63, 3.8) is 0 Å². The lowest BCUT2D eigenvalue weighted by atomic mass is 9.99.